The SMILES string of the molecule is NN(N)CN(N)CI. The average molecular weight is 231 g/mol. The lowest BCUT2D eigenvalue weighted by Gasteiger charge is -2.16. The summed E-state index contributed by atoms with van der Waals surface area (Å²) in [5, 5.41) is 2.51. The van der Waals surface area contributed by atoms with Crippen LogP contribution in [-0.2, 0) is 0 Å². The Balaban J connectivity index is 3.10. The first-order valence-corrected chi connectivity index (χ1v) is 3.52. The van der Waals surface area contributed by atoms with Gasteiger partial charge in [0, 0.05) is 0 Å². The predicted octanol–water partition coefficient (Wildman–Crippen LogP) is -1.44. The zero-order chi connectivity index (χ0) is 6.57. The van der Waals surface area contributed by atoms with Crippen LogP contribution in [0, 0.1) is 0 Å². The summed E-state index contributed by atoms with van der Waals surface area (Å²) >= 11 is 2.11. The number of nitrogens with zero attached hydrogens (tertiary/aromatic N) is 2. The van der Waals surface area contributed by atoms with Gasteiger partial charge in [0.2, 0.25) is 0 Å². The number of hydrogen-bond acceptors (Lipinski definition) is 5. The van der Waals surface area contributed by atoms with Gasteiger partial charge in [-0.25, -0.2) is 5.01 Å². The summed E-state index contributed by atoms with van der Waals surface area (Å²) in [4.78, 5) is 0. The minimum absolute atomic E-state index is 0.378. The second-order valence-electron chi connectivity index (χ2n) is 1.36. The van der Waals surface area contributed by atoms with Gasteiger partial charge in [-0.2, -0.15) is 5.12 Å². The highest BCUT2D eigenvalue weighted by atomic mass is 127. The number of hydrazine groups is 3. The molecule has 0 amide bonds. The topological polar surface area (TPSA) is 84.5 Å². The van der Waals surface area contributed by atoms with Gasteiger partial charge in [0.05, 0.1) is 11.2 Å². The van der Waals surface area contributed by atoms with Crippen LogP contribution in [0.25, 0.3) is 0 Å². The van der Waals surface area contributed by atoms with Crippen LogP contribution in [0.3, 0.4) is 0 Å². The highest BCUT2D eigenvalue weighted by Crippen LogP contribution is 1.83. The Hall–Kier alpha value is 0.530. The molecule has 0 saturated heterocycles. The van der Waals surface area contributed by atoms with Gasteiger partial charge < -0.3 is 0 Å². The summed E-state index contributed by atoms with van der Waals surface area (Å²) in [6.07, 6.45) is 0. The Morgan fingerprint density at radius 1 is 1.25 bits per heavy atom. The quantitative estimate of drug-likeness (QED) is 0.138. The summed E-state index contributed by atoms with van der Waals surface area (Å²) in [6, 6.07) is 0. The fraction of sp³-hybridized carbons (Fsp3) is 1.00. The number of rotatable bonds is 3. The maximum Gasteiger partial charge on any atom is 0.0939 e. The molecule has 0 aliphatic heterocycles. The van der Waals surface area contributed by atoms with Crippen molar-refractivity contribution in [2.24, 2.45) is 17.5 Å². The van der Waals surface area contributed by atoms with Crippen molar-refractivity contribution < 1.29 is 0 Å². The minimum Gasteiger partial charge on any atom is -0.267 e. The van der Waals surface area contributed by atoms with Gasteiger partial charge in [0.1, 0.15) is 0 Å². The van der Waals surface area contributed by atoms with E-state index in [1.165, 1.54) is 5.01 Å². The Kier molecular flexibility index (Phi) is 4.71. The maximum absolute atomic E-state index is 5.30. The van der Waals surface area contributed by atoms with Gasteiger partial charge >= 0.3 is 0 Å². The third kappa shape index (κ3) is 4.68. The van der Waals surface area contributed by atoms with Crippen LogP contribution in [-0.4, -0.2) is 21.3 Å². The Labute approximate surface area is 61.8 Å². The molecular formula is C2H10IN5. The van der Waals surface area contributed by atoms with E-state index in [-0.39, 0.29) is 0 Å². The van der Waals surface area contributed by atoms with Crippen molar-refractivity contribution in [1.82, 2.24) is 10.1 Å². The van der Waals surface area contributed by atoms with E-state index in [1.54, 1.807) is 0 Å². The molecule has 50 valence electrons. The van der Waals surface area contributed by atoms with Crippen LogP contribution < -0.4 is 17.5 Å². The van der Waals surface area contributed by atoms with Crippen molar-refractivity contribution in [3.63, 3.8) is 0 Å². The first-order chi connectivity index (χ1) is 3.66. The summed E-state index contributed by atoms with van der Waals surface area (Å²) in [5.74, 6) is 15.4. The summed E-state index contributed by atoms with van der Waals surface area (Å²) in [5.41, 5.74) is 0. The molecule has 0 saturated carbocycles. The lowest BCUT2D eigenvalue weighted by molar-refractivity contribution is 0.157. The van der Waals surface area contributed by atoms with E-state index < -0.39 is 0 Å². The molecule has 6 heteroatoms. The van der Waals surface area contributed by atoms with Crippen LogP contribution in [0.4, 0.5) is 0 Å². The van der Waals surface area contributed by atoms with Crippen molar-refractivity contribution in [1.29, 1.82) is 0 Å². The van der Waals surface area contributed by atoms with E-state index in [0.29, 0.717) is 11.2 Å². The lowest BCUT2D eigenvalue weighted by atomic mass is 11.0. The molecule has 8 heavy (non-hydrogen) atoms. The van der Waals surface area contributed by atoms with Gasteiger partial charge in [0.15, 0.2) is 0 Å². The molecule has 6 N–H and O–H groups in total. The number of hydrogen-bond donors (Lipinski definition) is 3. The van der Waals surface area contributed by atoms with Crippen LogP contribution in [0.1, 0.15) is 0 Å². The van der Waals surface area contributed by atoms with Crippen LogP contribution >= 0.6 is 22.6 Å². The minimum atomic E-state index is 0.378. The molecule has 0 atom stereocenters. The van der Waals surface area contributed by atoms with Crippen molar-refractivity contribution in [2.45, 2.75) is 0 Å². The van der Waals surface area contributed by atoms with E-state index in [4.69, 9.17) is 17.5 Å². The highest BCUT2D eigenvalue weighted by Gasteiger charge is 1.95. The van der Waals surface area contributed by atoms with E-state index in [0.717, 1.165) is 5.12 Å². The van der Waals surface area contributed by atoms with Crippen LogP contribution in [0.15, 0.2) is 0 Å². The second-order valence-corrected chi connectivity index (χ2v) is 2.05. The average Bonchev–Trinajstić information content (AvgIpc) is 1.65. The molecule has 0 fully saturated rings. The fourth-order valence-electron chi connectivity index (χ4n) is 0.248. The molecule has 0 rings (SSSR count). The Morgan fingerprint density at radius 2 is 1.75 bits per heavy atom. The van der Waals surface area contributed by atoms with Gasteiger partial charge in [-0.1, -0.05) is 22.6 Å². The molecule has 0 bridgehead atoms. The molecule has 0 aromatic rings. The monoisotopic (exact) mass is 231 g/mol. The lowest BCUT2D eigenvalue weighted by Crippen LogP contribution is -2.48. The van der Waals surface area contributed by atoms with Crippen molar-refractivity contribution in [2.75, 3.05) is 11.2 Å². The van der Waals surface area contributed by atoms with Gasteiger partial charge in [-0.05, 0) is 0 Å². The van der Waals surface area contributed by atoms with E-state index >= 15 is 0 Å². The molecule has 0 aliphatic carbocycles. The predicted molar refractivity (Wildman–Crippen MR) is 40.0 cm³/mol. The maximum atomic E-state index is 5.30. The van der Waals surface area contributed by atoms with Crippen LogP contribution in [0.2, 0.25) is 0 Å². The first-order valence-electron chi connectivity index (χ1n) is 1.99. The van der Waals surface area contributed by atoms with E-state index in [1.807, 2.05) is 0 Å². The van der Waals surface area contributed by atoms with E-state index in [2.05, 4.69) is 22.6 Å². The molecule has 0 unspecified atom stereocenters. The zero-order valence-electron chi connectivity index (χ0n) is 4.42. The fourth-order valence-corrected chi connectivity index (χ4v) is 0.463. The molecule has 0 spiro atoms. The standard InChI is InChI=1S/C2H10IN5/c3-1-7(4)2-8(5)6/h1-2,4-6H2. The van der Waals surface area contributed by atoms with Gasteiger partial charge in [-0.15, -0.1) is 0 Å². The second kappa shape index (κ2) is 4.41. The smallest absolute Gasteiger partial charge is 0.0939 e. The number of alkyl halides is 1. The largest absolute Gasteiger partial charge is 0.267 e. The summed E-state index contributed by atoms with van der Waals surface area (Å²) in [6.45, 7) is 0.378. The Bertz CT molecular complexity index is 56.4. The molecule has 0 heterocycles. The molecular weight excluding hydrogens is 221 g/mol. The van der Waals surface area contributed by atoms with Crippen molar-refractivity contribution in [3.05, 3.63) is 0 Å². The molecule has 5 nitrogen and oxygen atoms in total. The van der Waals surface area contributed by atoms with Gasteiger partial charge in [-0.3, -0.25) is 17.5 Å². The normalized spacial score (nSPS) is 11.2. The summed E-state index contributed by atoms with van der Waals surface area (Å²) < 4.78 is 0.711. The Morgan fingerprint density at radius 3 is 1.88 bits per heavy atom. The number of halogens is 1. The number of nitrogens with two attached hydrogens (primary N) is 3. The van der Waals surface area contributed by atoms with Crippen LogP contribution in [0.5, 0.6) is 0 Å². The molecule has 0 aliphatic rings. The van der Waals surface area contributed by atoms with Crippen molar-refractivity contribution >= 4 is 22.6 Å². The molecule has 0 radical (unpaired) electrons. The van der Waals surface area contributed by atoms with Crippen molar-refractivity contribution in [3.8, 4) is 0 Å². The van der Waals surface area contributed by atoms with Gasteiger partial charge in [0.25, 0.3) is 0 Å². The summed E-state index contributed by atoms with van der Waals surface area (Å²) in [7, 11) is 0. The van der Waals surface area contributed by atoms with E-state index in [9.17, 15) is 0 Å². The third-order valence-corrected chi connectivity index (χ3v) is 1.37. The molecule has 0 aromatic carbocycles. The highest BCUT2D eigenvalue weighted by molar-refractivity contribution is 14.1. The first kappa shape index (κ1) is 8.53. The zero-order valence-corrected chi connectivity index (χ0v) is 6.58. The molecule has 0 aromatic heterocycles. The third-order valence-electron chi connectivity index (χ3n) is 0.498.